The molecule has 0 spiro atoms. The minimum absolute atomic E-state index is 0. The maximum atomic E-state index is 13.9. The molecular weight excluding hydrogens is 538 g/mol. The number of hydrogen-bond donors (Lipinski definition) is 0. The van der Waals surface area contributed by atoms with Crippen LogP contribution in [0.3, 0.4) is 0 Å². The molecule has 0 radical (unpaired) electrons. The van der Waals surface area contributed by atoms with Crippen molar-refractivity contribution in [3.05, 3.63) is 102 Å². The summed E-state index contributed by atoms with van der Waals surface area (Å²) < 4.78 is 15.3. The zero-order chi connectivity index (χ0) is 27.1. The number of carbonyl (C=O) groups excluding carboxylic acids is 1. The lowest BCUT2D eigenvalue weighted by Gasteiger charge is -2.32. The molecule has 8 nitrogen and oxygen atoms in total. The summed E-state index contributed by atoms with van der Waals surface area (Å²) in [6, 6.07) is 20.7. The van der Waals surface area contributed by atoms with Crippen molar-refractivity contribution in [2.75, 3.05) is 40.0 Å². The third-order valence-electron chi connectivity index (χ3n) is 7.91. The van der Waals surface area contributed by atoms with Gasteiger partial charge in [0.05, 0.1) is 24.1 Å². The van der Waals surface area contributed by atoms with Crippen LogP contribution < -0.4 is 9.47 Å². The van der Waals surface area contributed by atoms with E-state index in [2.05, 4.69) is 80.8 Å². The Morgan fingerprint density at radius 3 is 2.56 bits per heavy atom. The van der Waals surface area contributed by atoms with Crippen LogP contribution >= 0.6 is 12.4 Å². The number of likely N-dealkylation sites (N-methyl/N-ethyl adjacent to an activating group) is 1. The first-order valence-corrected chi connectivity index (χ1v) is 13.7. The Morgan fingerprint density at radius 2 is 1.68 bits per heavy atom. The lowest BCUT2D eigenvalue weighted by molar-refractivity contribution is 0.0665. The summed E-state index contributed by atoms with van der Waals surface area (Å²) in [6.45, 7) is 4.76. The Labute approximate surface area is 245 Å². The van der Waals surface area contributed by atoms with Crippen molar-refractivity contribution in [1.82, 2.24) is 23.9 Å². The second kappa shape index (κ2) is 11.3. The number of rotatable bonds is 6. The molecule has 210 valence electrons. The van der Waals surface area contributed by atoms with Gasteiger partial charge in [0.2, 0.25) is 6.79 Å². The van der Waals surface area contributed by atoms with Crippen LogP contribution in [0.15, 0.2) is 85.6 Å². The van der Waals surface area contributed by atoms with E-state index in [-0.39, 0.29) is 25.1 Å². The molecule has 0 aliphatic carbocycles. The Balaban J connectivity index is 0.00000302. The topological polar surface area (TPSA) is 64.8 Å². The highest BCUT2D eigenvalue weighted by Crippen LogP contribution is 2.34. The van der Waals surface area contributed by atoms with Crippen molar-refractivity contribution in [1.29, 1.82) is 0 Å². The average Bonchev–Trinajstić information content (AvgIpc) is 3.73. The van der Waals surface area contributed by atoms with E-state index in [1.165, 1.54) is 0 Å². The Hall–Kier alpha value is -4.27. The summed E-state index contributed by atoms with van der Waals surface area (Å²) in [5, 5.41) is 2.30. The van der Waals surface area contributed by atoms with Gasteiger partial charge >= 0.3 is 0 Å². The number of halogens is 1. The number of aromatic nitrogens is 3. The molecule has 41 heavy (non-hydrogen) atoms. The lowest BCUT2D eigenvalue weighted by atomic mass is 9.97. The van der Waals surface area contributed by atoms with E-state index >= 15 is 0 Å². The smallest absolute Gasteiger partial charge is 0.256 e. The van der Waals surface area contributed by atoms with Gasteiger partial charge in [0.25, 0.3) is 5.91 Å². The molecule has 2 aromatic heterocycles. The van der Waals surface area contributed by atoms with E-state index in [1.54, 1.807) is 0 Å². The molecule has 9 heteroatoms. The Kier molecular flexibility index (Phi) is 7.43. The number of piperazine rings is 1. The highest BCUT2D eigenvalue weighted by atomic mass is 35.5. The summed E-state index contributed by atoms with van der Waals surface area (Å²) in [6.07, 6.45) is 7.87. The van der Waals surface area contributed by atoms with E-state index in [0.717, 1.165) is 76.4 Å². The molecule has 2 aliphatic heterocycles. The molecule has 1 fully saturated rings. The molecule has 3 aromatic carbocycles. The van der Waals surface area contributed by atoms with Gasteiger partial charge < -0.3 is 28.4 Å². The van der Waals surface area contributed by atoms with E-state index in [0.29, 0.717) is 13.1 Å². The van der Waals surface area contributed by atoms with E-state index in [4.69, 9.17) is 9.47 Å². The summed E-state index contributed by atoms with van der Waals surface area (Å²) in [5.74, 6) is 1.64. The summed E-state index contributed by atoms with van der Waals surface area (Å²) >= 11 is 0. The van der Waals surface area contributed by atoms with Crippen LogP contribution in [0.1, 0.15) is 21.6 Å². The van der Waals surface area contributed by atoms with Gasteiger partial charge in [-0.1, -0.05) is 48.5 Å². The molecule has 5 aromatic rings. The molecule has 4 heterocycles. The second-order valence-corrected chi connectivity index (χ2v) is 10.6. The predicted molar refractivity (Wildman–Crippen MR) is 161 cm³/mol. The van der Waals surface area contributed by atoms with Crippen LogP contribution in [0.5, 0.6) is 11.5 Å². The largest absolute Gasteiger partial charge is 0.454 e. The van der Waals surface area contributed by atoms with E-state index in [1.807, 2.05) is 35.8 Å². The maximum Gasteiger partial charge on any atom is 0.256 e. The summed E-state index contributed by atoms with van der Waals surface area (Å²) in [7, 11) is 2.10. The third-order valence-corrected chi connectivity index (χ3v) is 7.91. The van der Waals surface area contributed by atoms with Crippen molar-refractivity contribution in [2.24, 2.45) is 0 Å². The lowest BCUT2D eigenvalue weighted by Crippen LogP contribution is -2.47. The monoisotopic (exact) mass is 569 g/mol. The van der Waals surface area contributed by atoms with Crippen LogP contribution in [-0.2, 0) is 13.1 Å². The molecule has 0 saturated carbocycles. The number of fused-ring (bicyclic) bond motifs is 2. The fourth-order valence-corrected chi connectivity index (χ4v) is 5.67. The molecule has 7 rings (SSSR count). The number of amides is 1. The number of nitrogens with zero attached hydrogens (tertiary/aromatic N) is 5. The zero-order valence-corrected chi connectivity index (χ0v) is 23.7. The fourth-order valence-electron chi connectivity index (χ4n) is 5.67. The second-order valence-electron chi connectivity index (χ2n) is 10.6. The molecule has 1 saturated heterocycles. The van der Waals surface area contributed by atoms with Gasteiger partial charge in [0, 0.05) is 56.9 Å². The SMILES string of the molecule is CN1CCN(C(=O)c2cn(Cc3cncn3Cc3ccc4c(c3)OCO4)cc2-c2cccc3ccccc23)CC1.Cl. The van der Waals surface area contributed by atoms with Gasteiger partial charge in [0.1, 0.15) is 0 Å². The molecular formula is C32H32ClN5O3. The minimum atomic E-state index is 0. The average molecular weight is 570 g/mol. The number of ether oxygens (including phenoxy) is 2. The van der Waals surface area contributed by atoms with Gasteiger partial charge in [-0.2, -0.15) is 0 Å². The molecule has 0 unspecified atom stereocenters. The highest BCUT2D eigenvalue weighted by molar-refractivity contribution is 6.06. The first-order valence-electron chi connectivity index (χ1n) is 13.7. The van der Waals surface area contributed by atoms with Crippen LogP contribution in [0.2, 0.25) is 0 Å². The quantitative estimate of drug-likeness (QED) is 0.283. The third kappa shape index (κ3) is 5.28. The van der Waals surface area contributed by atoms with Crippen molar-refractivity contribution in [3.63, 3.8) is 0 Å². The van der Waals surface area contributed by atoms with Crippen LogP contribution in [-0.4, -0.2) is 69.8 Å². The van der Waals surface area contributed by atoms with Gasteiger partial charge in [-0.3, -0.25) is 4.79 Å². The van der Waals surface area contributed by atoms with Gasteiger partial charge in [-0.25, -0.2) is 4.98 Å². The molecule has 1 amide bonds. The number of carbonyl (C=O) groups is 1. The normalized spacial score (nSPS) is 14.8. The standard InChI is InChI=1S/C32H31N5O3.ClH/c1-34-11-13-36(14-12-34)32(38)29-20-35(19-28(29)27-8-4-6-24-5-2-3-7-26(24)27)18-25-16-33-21-37(25)17-23-9-10-30-31(15-23)40-22-39-30;/h2-10,15-16,19-21H,11-14,17-18,22H2,1H3;1H. The maximum absolute atomic E-state index is 13.9. The van der Waals surface area contributed by atoms with Crippen molar-refractivity contribution in [3.8, 4) is 22.6 Å². The fraction of sp³-hybridized carbons (Fsp3) is 0.250. The van der Waals surface area contributed by atoms with E-state index < -0.39 is 0 Å². The first kappa shape index (κ1) is 26.9. The molecule has 0 N–H and O–H groups in total. The van der Waals surface area contributed by atoms with Gasteiger partial charge in [-0.05, 0) is 41.1 Å². The van der Waals surface area contributed by atoms with Crippen molar-refractivity contribution in [2.45, 2.75) is 13.1 Å². The Morgan fingerprint density at radius 1 is 0.878 bits per heavy atom. The van der Waals surface area contributed by atoms with Gasteiger partial charge in [-0.15, -0.1) is 12.4 Å². The van der Waals surface area contributed by atoms with Crippen LogP contribution in [0, 0.1) is 0 Å². The van der Waals surface area contributed by atoms with Crippen molar-refractivity contribution >= 4 is 29.1 Å². The number of hydrogen-bond acceptors (Lipinski definition) is 5. The Bertz CT molecular complexity index is 1700. The van der Waals surface area contributed by atoms with E-state index in [9.17, 15) is 4.79 Å². The zero-order valence-electron chi connectivity index (χ0n) is 22.9. The molecule has 2 aliphatic rings. The number of imidazole rings is 1. The van der Waals surface area contributed by atoms with Crippen LogP contribution in [0.4, 0.5) is 0 Å². The summed E-state index contributed by atoms with van der Waals surface area (Å²) in [5.41, 5.74) is 4.93. The molecule has 0 atom stereocenters. The molecule has 0 bridgehead atoms. The van der Waals surface area contributed by atoms with Gasteiger partial charge in [0.15, 0.2) is 11.5 Å². The first-order chi connectivity index (χ1) is 19.6. The van der Waals surface area contributed by atoms with Crippen molar-refractivity contribution < 1.29 is 14.3 Å². The minimum Gasteiger partial charge on any atom is -0.454 e. The predicted octanol–water partition coefficient (Wildman–Crippen LogP) is 5.14. The summed E-state index contributed by atoms with van der Waals surface area (Å²) in [4.78, 5) is 22.6. The number of benzene rings is 3. The highest BCUT2D eigenvalue weighted by Gasteiger charge is 2.25. The van der Waals surface area contributed by atoms with Crippen LogP contribution in [0.25, 0.3) is 21.9 Å².